The summed E-state index contributed by atoms with van der Waals surface area (Å²) in [6.07, 6.45) is 7.22. The molecule has 0 N–H and O–H groups in total. The van der Waals surface area contributed by atoms with Gasteiger partial charge in [-0.2, -0.15) is 0 Å². The molecule has 0 unspecified atom stereocenters. The number of aliphatic imine (C=N–C) groups is 2. The lowest BCUT2D eigenvalue weighted by atomic mass is 9.82. The Bertz CT molecular complexity index is 503. The lowest BCUT2D eigenvalue weighted by molar-refractivity contribution is 0.395. The fraction of sp³-hybridized carbons (Fsp3) is 0.467. The summed E-state index contributed by atoms with van der Waals surface area (Å²) in [6.45, 7) is 0.393. The topological polar surface area (TPSA) is 58.9 Å². The van der Waals surface area contributed by atoms with Gasteiger partial charge in [-0.1, -0.05) is 24.3 Å². The van der Waals surface area contributed by atoms with Gasteiger partial charge >= 0.3 is 0 Å². The number of isocyanates is 2. The molecule has 1 aliphatic carbocycles. The average Bonchev–Trinajstić information content (AvgIpc) is 2.47. The third kappa shape index (κ3) is 3.72. The normalized spacial score (nSPS) is 22.1. The van der Waals surface area contributed by atoms with E-state index >= 15 is 0 Å². The summed E-state index contributed by atoms with van der Waals surface area (Å²) in [7, 11) is 0. The lowest BCUT2D eigenvalue weighted by Gasteiger charge is -2.25. The Balaban J connectivity index is 1.96. The van der Waals surface area contributed by atoms with E-state index in [4.69, 9.17) is 0 Å². The van der Waals surface area contributed by atoms with E-state index in [-0.39, 0.29) is 6.04 Å². The summed E-state index contributed by atoms with van der Waals surface area (Å²) >= 11 is 0. The fourth-order valence-electron chi connectivity index (χ4n) is 2.63. The Morgan fingerprint density at radius 2 is 1.68 bits per heavy atom. The number of rotatable bonds is 4. The first-order valence-corrected chi connectivity index (χ1v) is 6.53. The molecule has 1 aromatic carbocycles. The Kier molecular flexibility index (Phi) is 4.79. The number of hydrogen-bond donors (Lipinski definition) is 0. The zero-order chi connectivity index (χ0) is 13.5. The third-order valence-electron chi connectivity index (χ3n) is 3.71. The van der Waals surface area contributed by atoms with Gasteiger partial charge in [0.25, 0.3) is 0 Å². The molecule has 0 atom stereocenters. The van der Waals surface area contributed by atoms with E-state index in [1.165, 1.54) is 5.56 Å². The first kappa shape index (κ1) is 13.4. The van der Waals surface area contributed by atoms with Gasteiger partial charge in [-0.3, -0.25) is 0 Å². The summed E-state index contributed by atoms with van der Waals surface area (Å²) in [5, 5.41) is 0. The molecule has 1 aliphatic rings. The molecule has 0 aromatic heterocycles. The van der Waals surface area contributed by atoms with Crippen molar-refractivity contribution < 1.29 is 9.59 Å². The minimum absolute atomic E-state index is 0.162. The average molecular weight is 256 g/mol. The standard InChI is InChI=1S/C15H16N2O2/c18-10-16-9-12-1-3-13(4-2-12)14-5-7-15(8-6-14)17-11-19/h1-4,14-15H,5-9H2. The highest BCUT2D eigenvalue weighted by atomic mass is 16.1. The quantitative estimate of drug-likeness (QED) is 0.614. The van der Waals surface area contributed by atoms with E-state index in [1.54, 1.807) is 12.2 Å². The number of carbonyl (C=O) groups excluding carboxylic acids is 2. The molecule has 0 heterocycles. The first-order chi connectivity index (χ1) is 9.33. The van der Waals surface area contributed by atoms with E-state index in [0.717, 1.165) is 31.2 Å². The predicted octanol–water partition coefficient (Wildman–Crippen LogP) is 2.88. The highest BCUT2D eigenvalue weighted by molar-refractivity contribution is 5.34. The molecule has 1 aromatic rings. The van der Waals surface area contributed by atoms with Crippen molar-refractivity contribution in [2.45, 2.75) is 44.2 Å². The van der Waals surface area contributed by atoms with Crippen LogP contribution in [0.2, 0.25) is 0 Å². The Morgan fingerprint density at radius 1 is 1.00 bits per heavy atom. The molecule has 0 bridgehead atoms. The van der Waals surface area contributed by atoms with Crippen LogP contribution in [0.5, 0.6) is 0 Å². The minimum atomic E-state index is 0.162. The molecule has 2 rings (SSSR count). The van der Waals surface area contributed by atoms with Crippen molar-refractivity contribution in [3.63, 3.8) is 0 Å². The summed E-state index contributed by atoms with van der Waals surface area (Å²) in [6, 6.07) is 8.38. The van der Waals surface area contributed by atoms with Crippen LogP contribution in [-0.2, 0) is 16.1 Å². The Labute approximate surface area is 112 Å². The van der Waals surface area contributed by atoms with Gasteiger partial charge < -0.3 is 0 Å². The molecule has 19 heavy (non-hydrogen) atoms. The second-order valence-electron chi connectivity index (χ2n) is 4.87. The van der Waals surface area contributed by atoms with Crippen LogP contribution in [0, 0.1) is 0 Å². The van der Waals surface area contributed by atoms with Crippen molar-refractivity contribution in [3.05, 3.63) is 35.4 Å². The minimum Gasteiger partial charge on any atom is -0.211 e. The summed E-state index contributed by atoms with van der Waals surface area (Å²) < 4.78 is 0. The van der Waals surface area contributed by atoms with E-state index < -0.39 is 0 Å². The predicted molar refractivity (Wildman–Crippen MR) is 71.4 cm³/mol. The molecule has 0 aliphatic heterocycles. The number of nitrogens with zero attached hydrogens (tertiary/aromatic N) is 2. The molecule has 98 valence electrons. The molecular weight excluding hydrogens is 240 g/mol. The molecule has 4 heteroatoms. The zero-order valence-corrected chi connectivity index (χ0v) is 10.7. The molecule has 1 fully saturated rings. The van der Waals surface area contributed by atoms with E-state index in [0.29, 0.717) is 12.5 Å². The van der Waals surface area contributed by atoms with Gasteiger partial charge in [-0.25, -0.2) is 19.6 Å². The second-order valence-corrected chi connectivity index (χ2v) is 4.87. The van der Waals surface area contributed by atoms with Crippen LogP contribution in [0.4, 0.5) is 0 Å². The maximum absolute atomic E-state index is 10.2. The van der Waals surface area contributed by atoms with Crippen LogP contribution in [0.1, 0.15) is 42.7 Å². The summed E-state index contributed by atoms with van der Waals surface area (Å²) in [5.74, 6) is 0.543. The van der Waals surface area contributed by atoms with Crippen molar-refractivity contribution in [2.75, 3.05) is 0 Å². The highest BCUT2D eigenvalue weighted by Crippen LogP contribution is 2.33. The lowest BCUT2D eigenvalue weighted by Crippen LogP contribution is -2.15. The largest absolute Gasteiger partial charge is 0.235 e. The van der Waals surface area contributed by atoms with Gasteiger partial charge in [0, 0.05) is 0 Å². The van der Waals surface area contributed by atoms with Gasteiger partial charge in [0.1, 0.15) is 0 Å². The van der Waals surface area contributed by atoms with Crippen LogP contribution < -0.4 is 0 Å². The van der Waals surface area contributed by atoms with E-state index in [2.05, 4.69) is 22.1 Å². The molecule has 0 amide bonds. The molecular formula is C15H16N2O2. The van der Waals surface area contributed by atoms with Gasteiger partial charge in [-0.15, -0.1) is 0 Å². The smallest absolute Gasteiger partial charge is 0.211 e. The maximum Gasteiger partial charge on any atom is 0.235 e. The maximum atomic E-state index is 10.2. The van der Waals surface area contributed by atoms with Gasteiger partial charge in [-0.05, 0) is 42.7 Å². The summed E-state index contributed by atoms with van der Waals surface area (Å²) in [4.78, 5) is 27.6. The van der Waals surface area contributed by atoms with Crippen molar-refractivity contribution in [1.82, 2.24) is 0 Å². The van der Waals surface area contributed by atoms with Crippen LogP contribution in [-0.4, -0.2) is 18.2 Å². The van der Waals surface area contributed by atoms with E-state index in [1.807, 2.05) is 12.1 Å². The summed E-state index contributed by atoms with van der Waals surface area (Å²) in [5.41, 5.74) is 2.33. The van der Waals surface area contributed by atoms with Gasteiger partial charge in [0.05, 0.1) is 12.6 Å². The SMILES string of the molecule is O=C=NCc1ccc(C2CCC(N=C=O)CC2)cc1. The van der Waals surface area contributed by atoms with Gasteiger partial charge in [0.15, 0.2) is 0 Å². The second kappa shape index (κ2) is 6.79. The van der Waals surface area contributed by atoms with Crippen molar-refractivity contribution in [2.24, 2.45) is 9.98 Å². The van der Waals surface area contributed by atoms with Crippen LogP contribution in [0.25, 0.3) is 0 Å². The zero-order valence-electron chi connectivity index (χ0n) is 10.7. The molecule has 1 saturated carbocycles. The van der Waals surface area contributed by atoms with Crippen molar-refractivity contribution in [3.8, 4) is 0 Å². The Morgan fingerprint density at radius 3 is 2.26 bits per heavy atom. The Hall–Kier alpha value is -2.02. The van der Waals surface area contributed by atoms with Crippen molar-refractivity contribution >= 4 is 12.2 Å². The van der Waals surface area contributed by atoms with Crippen molar-refractivity contribution in [1.29, 1.82) is 0 Å². The molecule has 0 spiro atoms. The molecule has 0 radical (unpaired) electrons. The fourth-order valence-corrected chi connectivity index (χ4v) is 2.63. The molecule has 4 nitrogen and oxygen atoms in total. The van der Waals surface area contributed by atoms with Gasteiger partial charge in [0.2, 0.25) is 12.2 Å². The van der Waals surface area contributed by atoms with E-state index in [9.17, 15) is 9.59 Å². The number of benzene rings is 1. The van der Waals surface area contributed by atoms with Crippen LogP contribution in [0.15, 0.2) is 34.3 Å². The third-order valence-corrected chi connectivity index (χ3v) is 3.71. The van der Waals surface area contributed by atoms with Crippen LogP contribution >= 0.6 is 0 Å². The first-order valence-electron chi connectivity index (χ1n) is 6.53. The van der Waals surface area contributed by atoms with Crippen LogP contribution in [0.3, 0.4) is 0 Å². The molecule has 0 saturated heterocycles. The highest BCUT2D eigenvalue weighted by Gasteiger charge is 2.21. The monoisotopic (exact) mass is 256 g/mol. The number of hydrogen-bond acceptors (Lipinski definition) is 4.